The van der Waals surface area contributed by atoms with Crippen LogP contribution in [0, 0.1) is 19.7 Å². The van der Waals surface area contributed by atoms with Crippen LogP contribution in [0.4, 0.5) is 10.2 Å². The van der Waals surface area contributed by atoms with E-state index in [0.29, 0.717) is 11.4 Å². The van der Waals surface area contributed by atoms with Gasteiger partial charge in [-0.05, 0) is 37.6 Å². The molecule has 1 aromatic carbocycles. The van der Waals surface area contributed by atoms with Gasteiger partial charge in [-0.2, -0.15) is 0 Å². The van der Waals surface area contributed by atoms with E-state index in [9.17, 15) is 9.18 Å². The van der Waals surface area contributed by atoms with Gasteiger partial charge in [0.05, 0.1) is 5.56 Å². The molecule has 4 heteroatoms. The first kappa shape index (κ1) is 12.2. The highest BCUT2D eigenvalue weighted by atomic mass is 19.1. The molecule has 0 aliphatic rings. The number of nitrogens with one attached hydrogen (secondary N) is 1. The van der Waals surface area contributed by atoms with Gasteiger partial charge in [0.1, 0.15) is 11.6 Å². The van der Waals surface area contributed by atoms with Crippen LogP contribution in [-0.2, 0) is 0 Å². The number of anilines is 1. The Morgan fingerprint density at radius 1 is 1.17 bits per heavy atom. The quantitative estimate of drug-likeness (QED) is 0.882. The molecule has 1 aromatic heterocycles. The third kappa shape index (κ3) is 2.53. The molecule has 1 amide bonds. The van der Waals surface area contributed by atoms with E-state index in [2.05, 4.69) is 10.3 Å². The van der Waals surface area contributed by atoms with E-state index in [4.69, 9.17) is 0 Å². The molecule has 0 aliphatic carbocycles. The third-order valence-corrected chi connectivity index (χ3v) is 2.57. The predicted octanol–water partition coefficient (Wildman–Crippen LogP) is 3.09. The second-order valence-electron chi connectivity index (χ2n) is 4.05. The molecule has 0 bridgehead atoms. The van der Waals surface area contributed by atoms with Gasteiger partial charge in [0.25, 0.3) is 5.91 Å². The maximum Gasteiger partial charge on any atom is 0.259 e. The summed E-state index contributed by atoms with van der Waals surface area (Å²) in [7, 11) is 0. The normalized spacial score (nSPS) is 10.2. The van der Waals surface area contributed by atoms with Gasteiger partial charge < -0.3 is 5.32 Å². The summed E-state index contributed by atoms with van der Waals surface area (Å²) in [6, 6.07) is 9.99. The summed E-state index contributed by atoms with van der Waals surface area (Å²) in [6.45, 7) is 3.44. The summed E-state index contributed by atoms with van der Waals surface area (Å²) in [5.74, 6) is -0.571. The van der Waals surface area contributed by atoms with Gasteiger partial charge in [-0.15, -0.1) is 0 Å². The molecule has 0 spiro atoms. The molecule has 0 atom stereocenters. The number of hydrogen-bond acceptors (Lipinski definition) is 2. The molecule has 1 N–H and O–H groups in total. The Labute approximate surface area is 105 Å². The van der Waals surface area contributed by atoms with Gasteiger partial charge in [0.15, 0.2) is 0 Å². The number of aromatic nitrogens is 1. The lowest BCUT2D eigenvalue weighted by atomic mass is 10.1. The summed E-state index contributed by atoms with van der Waals surface area (Å²) in [5, 5.41) is 2.58. The van der Waals surface area contributed by atoms with E-state index in [1.807, 2.05) is 13.0 Å². The topological polar surface area (TPSA) is 42.0 Å². The largest absolute Gasteiger partial charge is 0.306 e. The van der Waals surface area contributed by atoms with Crippen LogP contribution in [0.2, 0.25) is 0 Å². The third-order valence-electron chi connectivity index (χ3n) is 2.57. The van der Waals surface area contributed by atoms with Gasteiger partial charge in [0.2, 0.25) is 0 Å². The lowest BCUT2D eigenvalue weighted by molar-refractivity contribution is 0.102. The molecule has 18 heavy (non-hydrogen) atoms. The van der Waals surface area contributed by atoms with Crippen molar-refractivity contribution in [3.8, 4) is 0 Å². The van der Waals surface area contributed by atoms with Crippen molar-refractivity contribution in [2.24, 2.45) is 0 Å². The van der Waals surface area contributed by atoms with Crippen LogP contribution < -0.4 is 5.32 Å². The second-order valence-corrected chi connectivity index (χ2v) is 4.05. The molecule has 0 aliphatic heterocycles. The number of amides is 1. The van der Waals surface area contributed by atoms with Crippen LogP contribution in [0.15, 0.2) is 36.4 Å². The van der Waals surface area contributed by atoms with Crippen molar-refractivity contribution >= 4 is 11.7 Å². The number of nitrogens with zero attached hydrogens (tertiary/aromatic N) is 1. The van der Waals surface area contributed by atoms with Crippen molar-refractivity contribution in [1.82, 2.24) is 4.98 Å². The number of aryl methyl sites for hydroxylation is 2. The SMILES string of the molecule is Cc1cccc(NC(=O)c2cccc(C)c2F)n1. The minimum atomic E-state index is -0.498. The van der Waals surface area contributed by atoms with Crippen molar-refractivity contribution in [3.63, 3.8) is 0 Å². The number of rotatable bonds is 2. The number of hydrogen-bond donors (Lipinski definition) is 1. The fourth-order valence-electron chi connectivity index (χ4n) is 1.62. The average Bonchev–Trinajstić information content (AvgIpc) is 2.32. The van der Waals surface area contributed by atoms with Crippen molar-refractivity contribution < 1.29 is 9.18 Å². The summed E-state index contributed by atoms with van der Waals surface area (Å²) < 4.78 is 13.8. The zero-order valence-electron chi connectivity index (χ0n) is 10.2. The summed E-state index contributed by atoms with van der Waals surface area (Å²) in [5.41, 5.74) is 1.26. The Bertz CT molecular complexity index is 596. The minimum Gasteiger partial charge on any atom is -0.306 e. The van der Waals surface area contributed by atoms with Crippen molar-refractivity contribution in [2.75, 3.05) is 5.32 Å². The van der Waals surface area contributed by atoms with Crippen LogP contribution in [0.5, 0.6) is 0 Å². The van der Waals surface area contributed by atoms with Crippen LogP contribution in [0.25, 0.3) is 0 Å². The molecule has 92 valence electrons. The highest BCUT2D eigenvalue weighted by Gasteiger charge is 2.13. The molecule has 1 heterocycles. The minimum absolute atomic E-state index is 0.0262. The summed E-state index contributed by atoms with van der Waals surface area (Å²) in [4.78, 5) is 16.0. The molecule has 0 fully saturated rings. The van der Waals surface area contributed by atoms with Crippen LogP contribution in [0.3, 0.4) is 0 Å². The monoisotopic (exact) mass is 244 g/mol. The molecule has 3 nitrogen and oxygen atoms in total. The van der Waals surface area contributed by atoms with E-state index in [1.54, 1.807) is 31.2 Å². The zero-order chi connectivity index (χ0) is 13.1. The molecular weight excluding hydrogens is 231 g/mol. The zero-order valence-corrected chi connectivity index (χ0v) is 10.2. The Morgan fingerprint density at radius 3 is 2.61 bits per heavy atom. The van der Waals surface area contributed by atoms with Crippen LogP contribution in [0.1, 0.15) is 21.6 Å². The number of pyridine rings is 1. The molecular formula is C14H13FN2O. The first-order valence-corrected chi connectivity index (χ1v) is 5.58. The summed E-state index contributed by atoms with van der Waals surface area (Å²) in [6.07, 6.45) is 0. The van der Waals surface area contributed by atoms with E-state index >= 15 is 0 Å². The average molecular weight is 244 g/mol. The smallest absolute Gasteiger partial charge is 0.259 e. The number of benzene rings is 1. The second kappa shape index (κ2) is 4.96. The molecule has 0 saturated heterocycles. The molecule has 2 rings (SSSR count). The highest BCUT2D eigenvalue weighted by Crippen LogP contribution is 2.14. The number of halogens is 1. The van der Waals surface area contributed by atoms with Crippen molar-refractivity contribution in [3.05, 3.63) is 59.0 Å². The molecule has 0 saturated carbocycles. The lowest BCUT2D eigenvalue weighted by Gasteiger charge is -2.07. The van der Waals surface area contributed by atoms with E-state index < -0.39 is 11.7 Å². The van der Waals surface area contributed by atoms with Crippen LogP contribution in [-0.4, -0.2) is 10.9 Å². The highest BCUT2D eigenvalue weighted by molar-refractivity contribution is 6.04. The van der Waals surface area contributed by atoms with E-state index in [0.717, 1.165) is 5.69 Å². The Kier molecular flexibility index (Phi) is 3.37. The van der Waals surface area contributed by atoms with Gasteiger partial charge in [-0.1, -0.05) is 18.2 Å². The molecule has 2 aromatic rings. The van der Waals surface area contributed by atoms with Gasteiger partial charge >= 0.3 is 0 Å². The van der Waals surface area contributed by atoms with Gasteiger partial charge in [0, 0.05) is 5.69 Å². The van der Waals surface area contributed by atoms with E-state index in [1.165, 1.54) is 6.07 Å². The van der Waals surface area contributed by atoms with Crippen LogP contribution >= 0.6 is 0 Å². The Balaban J connectivity index is 2.25. The maximum absolute atomic E-state index is 13.8. The fourth-order valence-corrected chi connectivity index (χ4v) is 1.62. The first-order valence-electron chi connectivity index (χ1n) is 5.58. The Hall–Kier alpha value is -2.23. The van der Waals surface area contributed by atoms with E-state index in [-0.39, 0.29) is 5.56 Å². The maximum atomic E-state index is 13.8. The fraction of sp³-hybridized carbons (Fsp3) is 0.143. The molecule has 0 radical (unpaired) electrons. The first-order chi connectivity index (χ1) is 8.58. The Morgan fingerprint density at radius 2 is 1.89 bits per heavy atom. The van der Waals surface area contributed by atoms with Gasteiger partial charge in [-0.3, -0.25) is 4.79 Å². The van der Waals surface area contributed by atoms with Crippen molar-refractivity contribution in [1.29, 1.82) is 0 Å². The number of carbonyl (C=O) groups is 1. The predicted molar refractivity (Wildman–Crippen MR) is 68.1 cm³/mol. The number of carbonyl (C=O) groups excluding carboxylic acids is 1. The summed E-state index contributed by atoms with van der Waals surface area (Å²) >= 11 is 0. The van der Waals surface area contributed by atoms with Gasteiger partial charge in [-0.25, -0.2) is 9.37 Å². The lowest BCUT2D eigenvalue weighted by Crippen LogP contribution is -2.15. The standard InChI is InChI=1S/C14H13FN2O/c1-9-5-3-7-11(13(9)15)14(18)17-12-8-4-6-10(2)16-12/h3-8H,1-2H3,(H,16,17,18). The molecule has 0 unspecified atom stereocenters. The van der Waals surface area contributed by atoms with Crippen molar-refractivity contribution in [2.45, 2.75) is 13.8 Å².